The second-order valence-electron chi connectivity index (χ2n) is 3.77. The summed E-state index contributed by atoms with van der Waals surface area (Å²) in [6.45, 7) is 0.896. The maximum atomic E-state index is 11.9. The van der Waals surface area contributed by atoms with Crippen LogP contribution in [-0.4, -0.2) is 18.5 Å². The van der Waals surface area contributed by atoms with E-state index < -0.39 is 0 Å². The van der Waals surface area contributed by atoms with Crippen LogP contribution in [0.15, 0.2) is 11.4 Å². The van der Waals surface area contributed by atoms with E-state index >= 15 is 0 Å². The van der Waals surface area contributed by atoms with Crippen molar-refractivity contribution in [3.63, 3.8) is 0 Å². The number of hydrogen-bond acceptors (Lipinski definition) is 4. The molecule has 2 rings (SSSR count). The number of nitrogens with zero attached hydrogens (tertiary/aromatic N) is 1. The number of nitriles is 1. The van der Waals surface area contributed by atoms with Gasteiger partial charge in [-0.1, -0.05) is 6.42 Å². The molecule has 1 fully saturated rings. The molecule has 0 bridgehead atoms. The van der Waals surface area contributed by atoms with Crippen LogP contribution in [0.5, 0.6) is 0 Å². The summed E-state index contributed by atoms with van der Waals surface area (Å²) >= 11 is 1.38. The lowest BCUT2D eigenvalue weighted by Crippen LogP contribution is -2.43. The third-order valence-electron chi connectivity index (χ3n) is 2.65. The Labute approximate surface area is 98.3 Å². The zero-order chi connectivity index (χ0) is 11.4. The SMILES string of the molecule is N#Cc1ccsc1NC(=O)[C@H]1CCCCN1. The topological polar surface area (TPSA) is 64.9 Å². The maximum absolute atomic E-state index is 11.9. The number of rotatable bonds is 2. The molecule has 1 aliphatic heterocycles. The molecule has 5 heteroatoms. The summed E-state index contributed by atoms with van der Waals surface area (Å²) in [6, 6.07) is 3.67. The quantitative estimate of drug-likeness (QED) is 0.820. The third-order valence-corrected chi connectivity index (χ3v) is 3.48. The summed E-state index contributed by atoms with van der Waals surface area (Å²) in [5.74, 6) is -0.0290. The van der Waals surface area contributed by atoms with Gasteiger partial charge in [0.2, 0.25) is 5.91 Å². The highest BCUT2D eigenvalue weighted by molar-refractivity contribution is 7.14. The highest BCUT2D eigenvalue weighted by Crippen LogP contribution is 2.22. The Kier molecular flexibility index (Phi) is 3.54. The van der Waals surface area contributed by atoms with E-state index in [2.05, 4.69) is 16.7 Å². The minimum atomic E-state index is -0.109. The molecule has 1 aliphatic rings. The molecular formula is C11H13N3OS. The number of thiophene rings is 1. The molecule has 2 heterocycles. The molecule has 0 spiro atoms. The first-order valence-electron chi connectivity index (χ1n) is 5.33. The van der Waals surface area contributed by atoms with Gasteiger partial charge in [-0.05, 0) is 30.8 Å². The molecule has 0 radical (unpaired) electrons. The van der Waals surface area contributed by atoms with E-state index in [1.165, 1.54) is 11.3 Å². The van der Waals surface area contributed by atoms with Crippen molar-refractivity contribution in [1.82, 2.24) is 5.32 Å². The molecule has 1 aromatic rings. The van der Waals surface area contributed by atoms with E-state index in [1.807, 2.05) is 5.38 Å². The summed E-state index contributed by atoms with van der Waals surface area (Å²) in [5.41, 5.74) is 0.536. The lowest BCUT2D eigenvalue weighted by molar-refractivity contribution is -0.118. The summed E-state index contributed by atoms with van der Waals surface area (Å²) in [6.07, 6.45) is 3.09. The first-order valence-corrected chi connectivity index (χ1v) is 6.21. The van der Waals surface area contributed by atoms with Gasteiger partial charge in [0.05, 0.1) is 11.6 Å². The largest absolute Gasteiger partial charge is 0.315 e. The van der Waals surface area contributed by atoms with Crippen LogP contribution in [0.1, 0.15) is 24.8 Å². The Morgan fingerprint density at radius 3 is 3.19 bits per heavy atom. The Morgan fingerprint density at radius 2 is 2.50 bits per heavy atom. The van der Waals surface area contributed by atoms with Gasteiger partial charge in [0, 0.05) is 0 Å². The first-order chi connectivity index (χ1) is 7.81. The Balaban J connectivity index is 1.99. The average molecular weight is 235 g/mol. The maximum Gasteiger partial charge on any atom is 0.242 e. The summed E-state index contributed by atoms with van der Waals surface area (Å²) in [7, 11) is 0. The van der Waals surface area contributed by atoms with Crippen LogP contribution in [0.25, 0.3) is 0 Å². The molecule has 84 valence electrons. The van der Waals surface area contributed by atoms with Gasteiger partial charge in [0.25, 0.3) is 0 Å². The monoisotopic (exact) mass is 235 g/mol. The van der Waals surface area contributed by atoms with Crippen molar-refractivity contribution in [1.29, 1.82) is 5.26 Å². The first kappa shape index (κ1) is 11.1. The molecule has 1 saturated heterocycles. The van der Waals surface area contributed by atoms with Crippen molar-refractivity contribution in [3.05, 3.63) is 17.0 Å². The van der Waals surface area contributed by atoms with Gasteiger partial charge >= 0.3 is 0 Å². The molecule has 0 aliphatic carbocycles. The smallest absolute Gasteiger partial charge is 0.242 e. The molecule has 1 aromatic heterocycles. The third kappa shape index (κ3) is 2.40. The van der Waals surface area contributed by atoms with E-state index in [4.69, 9.17) is 5.26 Å². The number of amides is 1. The van der Waals surface area contributed by atoms with Crippen molar-refractivity contribution >= 4 is 22.2 Å². The van der Waals surface area contributed by atoms with Gasteiger partial charge in [0.15, 0.2) is 0 Å². The van der Waals surface area contributed by atoms with Crippen LogP contribution >= 0.6 is 11.3 Å². The predicted octanol–water partition coefficient (Wildman–Crippen LogP) is 1.70. The minimum Gasteiger partial charge on any atom is -0.315 e. The van der Waals surface area contributed by atoms with E-state index in [0.29, 0.717) is 10.6 Å². The van der Waals surface area contributed by atoms with Gasteiger partial charge < -0.3 is 10.6 Å². The summed E-state index contributed by atoms with van der Waals surface area (Å²) in [4.78, 5) is 11.9. The molecule has 1 atom stereocenters. The number of piperidine rings is 1. The molecule has 1 amide bonds. The van der Waals surface area contributed by atoms with E-state index in [0.717, 1.165) is 25.8 Å². The van der Waals surface area contributed by atoms with E-state index in [1.54, 1.807) is 6.07 Å². The highest BCUT2D eigenvalue weighted by atomic mass is 32.1. The number of carbonyl (C=O) groups is 1. The van der Waals surface area contributed by atoms with Crippen LogP contribution in [0, 0.1) is 11.3 Å². The van der Waals surface area contributed by atoms with Gasteiger partial charge in [-0.25, -0.2) is 0 Å². The highest BCUT2D eigenvalue weighted by Gasteiger charge is 2.21. The van der Waals surface area contributed by atoms with Crippen LogP contribution in [0.4, 0.5) is 5.00 Å². The number of hydrogen-bond donors (Lipinski definition) is 2. The zero-order valence-corrected chi connectivity index (χ0v) is 9.64. The zero-order valence-electron chi connectivity index (χ0n) is 8.82. The average Bonchev–Trinajstić information content (AvgIpc) is 2.77. The van der Waals surface area contributed by atoms with Gasteiger partial charge in [-0.3, -0.25) is 4.79 Å². The van der Waals surface area contributed by atoms with Crippen molar-refractivity contribution in [2.75, 3.05) is 11.9 Å². The minimum absolute atomic E-state index is 0.0290. The van der Waals surface area contributed by atoms with Crippen molar-refractivity contribution in [3.8, 4) is 6.07 Å². The number of anilines is 1. The molecular weight excluding hydrogens is 222 g/mol. The van der Waals surface area contributed by atoms with Crippen LogP contribution in [0.3, 0.4) is 0 Å². The molecule has 2 N–H and O–H groups in total. The van der Waals surface area contributed by atoms with Gasteiger partial charge in [0.1, 0.15) is 11.1 Å². The van der Waals surface area contributed by atoms with Gasteiger partial charge in [-0.15, -0.1) is 11.3 Å². The molecule has 0 saturated carbocycles. The Bertz CT molecular complexity index is 415. The fourth-order valence-electron chi connectivity index (χ4n) is 1.77. The fraction of sp³-hybridized carbons (Fsp3) is 0.455. The lowest BCUT2D eigenvalue weighted by atomic mass is 10.0. The molecule has 0 aromatic carbocycles. The molecule has 4 nitrogen and oxygen atoms in total. The van der Waals surface area contributed by atoms with Crippen LogP contribution in [0.2, 0.25) is 0 Å². The van der Waals surface area contributed by atoms with E-state index in [-0.39, 0.29) is 11.9 Å². The fourth-order valence-corrected chi connectivity index (χ4v) is 2.51. The molecule has 0 unspecified atom stereocenters. The van der Waals surface area contributed by atoms with Crippen molar-refractivity contribution < 1.29 is 4.79 Å². The van der Waals surface area contributed by atoms with Crippen molar-refractivity contribution in [2.45, 2.75) is 25.3 Å². The summed E-state index contributed by atoms with van der Waals surface area (Å²) < 4.78 is 0. The standard InChI is InChI=1S/C11H13N3OS/c12-7-8-4-6-16-11(8)14-10(15)9-3-1-2-5-13-9/h4,6,9,13H,1-3,5H2,(H,14,15)/t9-/m1/s1. The normalized spacial score (nSPS) is 20.1. The predicted molar refractivity (Wildman–Crippen MR) is 63.3 cm³/mol. The Hall–Kier alpha value is -1.38. The van der Waals surface area contributed by atoms with Crippen LogP contribution in [-0.2, 0) is 4.79 Å². The number of carbonyl (C=O) groups excluding carboxylic acids is 1. The van der Waals surface area contributed by atoms with E-state index in [9.17, 15) is 4.79 Å². The second-order valence-corrected chi connectivity index (χ2v) is 4.68. The van der Waals surface area contributed by atoms with Crippen LogP contribution < -0.4 is 10.6 Å². The second kappa shape index (κ2) is 5.10. The summed E-state index contributed by atoms with van der Waals surface area (Å²) in [5, 5.41) is 17.3. The number of nitrogens with one attached hydrogen (secondary N) is 2. The Morgan fingerprint density at radius 1 is 1.62 bits per heavy atom. The van der Waals surface area contributed by atoms with Crippen molar-refractivity contribution in [2.24, 2.45) is 0 Å². The molecule has 16 heavy (non-hydrogen) atoms. The van der Waals surface area contributed by atoms with Gasteiger partial charge in [-0.2, -0.15) is 5.26 Å². The lowest BCUT2D eigenvalue weighted by Gasteiger charge is -2.22.